The Balaban J connectivity index is 2.06. The summed E-state index contributed by atoms with van der Waals surface area (Å²) in [6, 6.07) is 7.23. The first-order valence-corrected chi connectivity index (χ1v) is 9.27. The highest BCUT2D eigenvalue weighted by Crippen LogP contribution is 2.80. The number of rotatable bonds is 5. The lowest BCUT2D eigenvalue weighted by Gasteiger charge is -2.47. The number of primary amides is 2. The predicted octanol–water partition coefficient (Wildman–Crippen LogP) is 2.60. The van der Waals surface area contributed by atoms with E-state index >= 15 is 0 Å². The standard InChI is InChI=1S/C19H20BrFN2O2/c20-12-3-1-11(2-4-12)19(16(23)25)14-6-5-13(17(14)7-8-17)18(19,9-10-21)15(22)24/h1-6,13-14H,7-10H2,(H2,22,24)(H2,23,25)/t13-,14+,18+,19-/m1/s1. The fourth-order valence-corrected chi connectivity index (χ4v) is 6.22. The van der Waals surface area contributed by atoms with Gasteiger partial charge in [-0.3, -0.25) is 14.0 Å². The number of hydrogen-bond donors (Lipinski definition) is 2. The molecule has 0 saturated heterocycles. The molecule has 1 aromatic rings. The Kier molecular flexibility index (Phi) is 3.46. The first-order chi connectivity index (χ1) is 11.9. The lowest BCUT2D eigenvalue weighted by atomic mass is 9.53. The van der Waals surface area contributed by atoms with Gasteiger partial charge in [-0.2, -0.15) is 0 Å². The molecule has 3 aliphatic rings. The molecule has 6 heteroatoms. The van der Waals surface area contributed by atoms with Gasteiger partial charge in [-0.25, -0.2) is 0 Å². The molecule has 0 aliphatic heterocycles. The number of halogens is 2. The summed E-state index contributed by atoms with van der Waals surface area (Å²) in [7, 11) is 0. The van der Waals surface area contributed by atoms with Crippen molar-refractivity contribution < 1.29 is 14.0 Å². The van der Waals surface area contributed by atoms with E-state index in [1.807, 2.05) is 24.3 Å². The number of nitrogens with two attached hydrogens (primary N) is 2. The zero-order chi connectivity index (χ0) is 18.0. The third kappa shape index (κ3) is 1.71. The Morgan fingerprint density at radius 3 is 2.16 bits per heavy atom. The van der Waals surface area contributed by atoms with Crippen LogP contribution >= 0.6 is 15.9 Å². The van der Waals surface area contributed by atoms with Crippen molar-refractivity contribution in [1.29, 1.82) is 0 Å². The van der Waals surface area contributed by atoms with E-state index in [-0.39, 0.29) is 23.7 Å². The number of carbonyl (C=O) groups is 2. The number of carbonyl (C=O) groups excluding carboxylic acids is 2. The molecule has 1 aromatic carbocycles. The van der Waals surface area contributed by atoms with Crippen molar-refractivity contribution in [2.24, 2.45) is 34.1 Å². The largest absolute Gasteiger partial charge is 0.369 e. The molecule has 0 radical (unpaired) electrons. The molecule has 2 bridgehead atoms. The van der Waals surface area contributed by atoms with Gasteiger partial charge in [0.25, 0.3) is 0 Å². The smallest absolute Gasteiger partial charge is 0.229 e. The molecule has 2 fully saturated rings. The van der Waals surface area contributed by atoms with E-state index < -0.39 is 29.3 Å². The minimum absolute atomic E-state index is 0.0887. The van der Waals surface area contributed by atoms with E-state index in [9.17, 15) is 14.0 Å². The fraction of sp³-hybridized carbons (Fsp3) is 0.474. The molecule has 4 nitrogen and oxygen atoms in total. The van der Waals surface area contributed by atoms with Crippen molar-refractivity contribution >= 4 is 27.7 Å². The van der Waals surface area contributed by atoms with E-state index in [4.69, 9.17) is 11.5 Å². The summed E-state index contributed by atoms with van der Waals surface area (Å²) in [5, 5.41) is 0. The van der Waals surface area contributed by atoms with E-state index in [0.29, 0.717) is 5.56 Å². The molecular weight excluding hydrogens is 387 g/mol. The predicted molar refractivity (Wildman–Crippen MR) is 95.0 cm³/mol. The zero-order valence-electron chi connectivity index (χ0n) is 13.7. The molecule has 0 unspecified atom stereocenters. The van der Waals surface area contributed by atoms with Gasteiger partial charge in [0.15, 0.2) is 0 Å². The molecule has 4 rings (SSSR count). The fourth-order valence-electron chi connectivity index (χ4n) is 5.96. The Morgan fingerprint density at radius 1 is 1.08 bits per heavy atom. The highest BCUT2D eigenvalue weighted by atomic mass is 79.9. The Hall–Kier alpha value is -1.69. The highest BCUT2D eigenvalue weighted by molar-refractivity contribution is 9.10. The molecule has 0 heterocycles. The molecule has 2 saturated carbocycles. The van der Waals surface area contributed by atoms with E-state index in [0.717, 1.165) is 17.3 Å². The topological polar surface area (TPSA) is 86.2 Å². The van der Waals surface area contributed by atoms with Crippen LogP contribution in [0.25, 0.3) is 0 Å². The van der Waals surface area contributed by atoms with Crippen molar-refractivity contribution in [1.82, 2.24) is 0 Å². The van der Waals surface area contributed by atoms with Gasteiger partial charge >= 0.3 is 0 Å². The van der Waals surface area contributed by atoms with E-state index in [1.54, 1.807) is 12.1 Å². The lowest BCUT2D eigenvalue weighted by Crippen LogP contribution is -2.62. The molecule has 132 valence electrons. The molecule has 25 heavy (non-hydrogen) atoms. The summed E-state index contributed by atoms with van der Waals surface area (Å²) in [5.41, 5.74) is 9.68. The van der Waals surface area contributed by atoms with E-state index in [2.05, 4.69) is 15.9 Å². The molecular formula is C19H20BrFN2O2. The Labute approximate surface area is 154 Å². The normalized spacial score (nSPS) is 36.7. The summed E-state index contributed by atoms with van der Waals surface area (Å²) in [4.78, 5) is 25.7. The Morgan fingerprint density at radius 2 is 1.68 bits per heavy atom. The number of hydrogen-bond acceptors (Lipinski definition) is 2. The summed E-state index contributed by atoms with van der Waals surface area (Å²) in [6.07, 6.45) is 5.70. The minimum Gasteiger partial charge on any atom is -0.369 e. The lowest BCUT2D eigenvalue weighted by molar-refractivity contribution is -0.144. The maximum Gasteiger partial charge on any atom is 0.229 e. The van der Waals surface area contributed by atoms with Crippen molar-refractivity contribution in [2.45, 2.75) is 24.7 Å². The van der Waals surface area contributed by atoms with Gasteiger partial charge in [0.05, 0.1) is 17.5 Å². The van der Waals surface area contributed by atoms with Crippen molar-refractivity contribution in [3.8, 4) is 0 Å². The number of benzene rings is 1. The second-order valence-corrected chi connectivity index (χ2v) is 8.44. The molecule has 4 N–H and O–H groups in total. The highest BCUT2D eigenvalue weighted by Gasteiger charge is 2.82. The summed E-state index contributed by atoms with van der Waals surface area (Å²) in [6.45, 7) is -0.721. The van der Waals surface area contributed by atoms with E-state index in [1.165, 1.54) is 0 Å². The van der Waals surface area contributed by atoms with Crippen LogP contribution in [0.1, 0.15) is 24.8 Å². The quantitative estimate of drug-likeness (QED) is 0.736. The third-order valence-electron chi connectivity index (χ3n) is 6.88. The first-order valence-electron chi connectivity index (χ1n) is 8.48. The average Bonchev–Trinajstić information content (AvgIpc) is 3.23. The average molecular weight is 407 g/mol. The first kappa shape index (κ1) is 16.8. The molecule has 2 amide bonds. The molecule has 3 aliphatic carbocycles. The van der Waals surface area contributed by atoms with Gasteiger partial charge in [-0.05, 0) is 48.3 Å². The van der Waals surface area contributed by atoms with Crippen LogP contribution in [0.2, 0.25) is 0 Å². The number of allylic oxidation sites excluding steroid dienone is 2. The number of alkyl halides is 1. The van der Waals surface area contributed by atoms with Crippen LogP contribution in [0, 0.1) is 22.7 Å². The second kappa shape index (κ2) is 5.16. The molecule has 4 atom stereocenters. The van der Waals surface area contributed by atoms with Crippen LogP contribution < -0.4 is 11.5 Å². The van der Waals surface area contributed by atoms with Crippen LogP contribution in [-0.2, 0) is 15.0 Å². The van der Waals surface area contributed by atoms with Gasteiger partial charge < -0.3 is 11.5 Å². The van der Waals surface area contributed by atoms with Crippen molar-refractivity contribution in [3.63, 3.8) is 0 Å². The SMILES string of the molecule is NC(=O)[C@]1(CCF)[C@@H]2C=C[C@@H](C23CC3)[C@@]1(C(N)=O)c1ccc(Br)cc1. The maximum absolute atomic E-state index is 13.6. The van der Waals surface area contributed by atoms with Crippen LogP contribution in [-0.4, -0.2) is 18.5 Å². The summed E-state index contributed by atoms with van der Waals surface area (Å²) in [5.74, 6) is -1.68. The van der Waals surface area contributed by atoms with Crippen molar-refractivity contribution in [2.75, 3.05) is 6.67 Å². The summed E-state index contributed by atoms with van der Waals surface area (Å²) < 4.78 is 14.5. The third-order valence-corrected chi connectivity index (χ3v) is 7.41. The van der Waals surface area contributed by atoms with Gasteiger partial charge in [0.1, 0.15) is 0 Å². The van der Waals surface area contributed by atoms with Gasteiger partial charge in [0, 0.05) is 10.4 Å². The van der Waals surface area contributed by atoms with Gasteiger partial charge in [0.2, 0.25) is 11.8 Å². The zero-order valence-corrected chi connectivity index (χ0v) is 15.3. The van der Waals surface area contributed by atoms with Crippen LogP contribution in [0.3, 0.4) is 0 Å². The minimum atomic E-state index is -1.32. The van der Waals surface area contributed by atoms with Crippen molar-refractivity contribution in [3.05, 3.63) is 46.5 Å². The monoisotopic (exact) mass is 406 g/mol. The maximum atomic E-state index is 13.6. The second-order valence-electron chi connectivity index (χ2n) is 7.53. The molecule has 1 spiro atoms. The molecule has 0 aromatic heterocycles. The van der Waals surface area contributed by atoms with Gasteiger partial charge in [-0.1, -0.05) is 40.2 Å². The van der Waals surface area contributed by atoms with Crippen LogP contribution in [0.5, 0.6) is 0 Å². The number of amides is 2. The van der Waals surface area contributed by atoms with Crippen LogP contribution in [0.15, 0.2) is 40.9 Å². The van der Waals surface area contributed by atoms with Crippen LogP contribution in [0.4, 0.5) is 4.39 Å². The Bertz CT molecular complexity index is 789. The van der Waals surface area contributed by atoms with Gasteiger partial charge in [-0.15, -0.1) is 0 Å². The summed E-state index contributed by atoms with van der Waals surface area (Å²) >= 11 is 3.39.